The Hall–Kier alpha value is -0.530. The van der Waals surface area contributed by atoms with Gasteiger partial charge in [0.25, 0.3) is 0 Å². The van der Waals surface area contributed by atoms with Crippen LogP contribution in [-0.4, -0.2) is 24.4 Å². The van der Waals surface area contributed by atoms with Crippen molar-refractivity contribution in [2.75, 3.05) is 13.6 Å². The van der Waals surface area contributed by atoms with Gasteiger partial charge in [-0.3, -0.25) is 4.79 Å². The van der Waals surface area contributed by atoms with Gasteiger partial charge in [0.05, 0.1) is 0 Å². The van der Waals surface area contributed by atoms with Crippen molar-refractivity contribution >= 4 is 5.91 Å². The lowest BCUT2D eigenvalue weighted by molar-refractivity contribution is -0.138. The average Bonchev–Trinajstić information content (AvgIpc) is 2.63. The lowest BCUT2D eigenvalue weighted by atomic mass is 9.88. The topological polar surface area (TPSA) is 20.3 Å². The van der Waals surface area contributed by atoms with Crippen molar-refractivity contribution in [1.29, 1.82) is 0 Å². The van der Waals surface area contributed by atoms with Crippen molar-refractivity contribution in [3.63, 3.8) is 0 Å². The molecule has 1 saturated heterocycles. The average molecular weight is 183 g/mol. The molecule has 0 aromatic carbocycles. The van der Waals surface area contributed by atoms with Gasteiger partial charge in [-0.25, -0.2) is 0 Å². The van der Waals surface area contributed by atoms with E-state index >= 15 is 0 Å². The molecule has 2 fully saturated rings. The molecule has 1 saturated carbocycles. The summed E-state index contributed by atoms with van der Waals surface area (Å²) in [7, 11) is 1.93. The van der Waals surface area contributed by atoms with Crippen molar-refractivity contribution in [1.82, 2.24) is 4.90 Å². The molecule has 2 nitrogen and oxygen atoms in total. The Labute approximate surface area is 81.3 Å². The second-order valence-electron chi connectivity index (χ2n) is 3.85. The summed E-state index contributed by atoms with van der Waals surface area (Å²) in [5.41, 5.74) is 0. The van der Waals surface area contributed by atoms with E-state index in [1.54, 1.807) is 0 Å². The molecule has 0 bridgehead atoms. The van der Waals surface area contributed by atoms with Gasteiger partial charge in [0.15, 0.2) is 0 Å². The Morgan fingerprint density at radius 1 is 1.23 bits per heavy atom. The molecule has 2 rings (SSSR count). The predicted molar refractivity (Wildman–Crippen MR) is 54.4 cm³/mol. The first-order valence-electron chi connectivity index (χ1n) is 5.54. The molecule has 2 heteroatoms. The molecular weight excluding hydrogens is 162 g/mol. The number of fused-ring (bicyclic) bond motifs is 1. The Balaban J connectivity index is 0.000000396. The molecule has 1 aliphatic carbocycles. The normalized spacial score (nSPS) is 32.2. The van der Waals surface area contributed by atoms with Crippen molar-refractivity contribution in [3.05, 3.63) is 0 Å². The summed E-state index contributed by atoms with van der Waals surface area (Å²) in [5, 5.41) is 0. The standard InChI is InChI=1S/C9H15NO.C2H6/c1-10-6-5-7-3-2-4-8(7)9(10)11;1-2/h7-8H,2-6H2,1H3;1-2H3. The molecule has 2 atom stereocenters. The van der Waals surface area contributed by atoms with E-state index in [-0.39, 0.29) is 0 Å². The van der Waals surface area contributed by atoms with E-state index in [9.17, 15) is 4.79 Å². The summed E-state index contributed by atoms with van der Waals surface area (Å²) in [4.78, 5) is 13.4. The van der Waals surface area contributed by atoms with Crippen molar-refractivity contribution in [2.45, 2.75) is 39.5 Å². The monoisotopic (exact) mass is 183 g/mol. The van der Waals surface area contributed by atoms with Gasteiger partial charge in [-0.1, -0.05) is 20.3 Å². The molecule has 0 aromatic heterocycles. The van der Waals surface area contributed by atoms with Gasteiger partial charge in [0.2, 0.25) is 5.91 Å². The fourth-order valence-electron chi connectivity index (χ4n) is 2.46. The van der Waals surface area contributed by atoms with Gasteiger partial charge in [-0.15, -0.1) is 0 Å². The van der Waals surface area contributed by atoms with Gasteiger partial charge in [-0.2, -0.15) is 0 Å². The molecule has 1 heterocycles. The largest absolute Gasteiger partial charge is 0.346 e. The highest BCUT2D eigenvalue weighted by molar-refractivity contribution is 5.79. The highest BCUT2D eigenvalue weighted by atomic mass is 16.2. The zero-order valence-corrected chi connectivity index (χ0v) is 9.05. The molecule has 76 valence electrons. The van der Waals surface area contributed by atoms with Crippen molar-refractivity contribution in [3.8, 4) is 0 Å². The first-order valence-corrected chi connectivity index (χ1v) is 5.54. The van der Waals surface area contributed by atoms with Crippen molar-refractivity contribution < 1.29 is 4.79 Å². The van der Waals surface area contributed by atoms with Gasteiger partial charge in [0, 0.05) is 19.5 Å². The summed E-state index contributed by atoms with van der Waals surface area (Å²) in [6.07, 6.45) is 4.96. The number of carbonyl (C=O) groups excluding carboxylic acids is 1. The van der Waals surface area contributed by atoms with Gasteiger partial charge >= 0.3 is 0 Å². The number of carbonyl (C=O) groups is 1. The van der Waals surface area contributed by atoms with Crippen molar-refractivity contribution in [2.24, 2.45) is 11.8 Å². The Morgan fingerprint density at radius 2 is 1.92 bits per heavy atom. The Bertz CT molecular complexity index is 179. The van der Waals surface area contributed by atoms with Gasteiger partial charge in [-0.05, 0) is 25.2 Å². The summed E-state index contributed by atoms with van der Waals surface area (Å²) >= 11 is 0. The molecule has 13 heavy (non-hydrogen) atoms. The van der Waals surface area contributed by atoms with Gasteiger partial charge in [0.1, 0.15) is 0 Å². The number of amides is 1. The Morgan fingerprint density at radius 3 is 2.62 bits per heavy atom. The zero-order chi connectivity index (χ0) is 9.84. The second-order valence-corrected chi connectivity index (χ2v) is 3.85. The molecule has 0 N–H and O–H groups in total. The molecule has 0 aromatic rings. The number of likely N-dealkylation sites (tertiary alicyclic amines) is 1. The highest BCUT2D eigenvalue weighted by Gasteiger charge is 2.37. The summed E-state index contributed by atoms with van der Waals surface area (Å²) in [5.74, 6) is 1.53. The maximum Gasteiger partial charge on any atom is 0.225 e. The third-order valence-corrected chi connectivity index (χ3v) is 3.19. The number of rotatable bonds is 0. The molecule has 2 unspecified atom stereocenters. The molecule has 1 aliphatic heterocycles. The van der Waals surface area contributed by atoms with Crippen LogP contribution in [0.4, 0.5) is 0 Å². The highest BCUT2D eigenvalue weighted by Crippen LogP contribution is 2.37. The quantitative estimate of drug-likeness (QED) is 0.564. The third-order valence-electron chi connectivity index (χ3n) is 3.19. The summed E-state index contributed by atoms with van der Waals surface area (Å²) < 4.78 is 0. The minimum absolute atomic E-state index is 0.397. The van der Waals surface area contributed by atoms with Crippen LogP contribution in [0.15, 0.2) is 0 Å². The van der Waals surface area contributed by atoms with E-state index in [0.717, 1.165) is 18.9 Å². The first kappa shape index (κ1) is 10.6. The lowest BCUT2D eigenvalue weighted by Crippen LogP contribution is -2.41. The molecule has 0 radical (unpaired) electrons. The second kappa shape index (κ2) is 4.64. The van der Waals surface area contributed by atoms with Crippen LogP contribution in [0.2, 0.25) is 0 Å². The van der Waals surface area contributed by atoms with Crippen LogP contribution in [-0.2, 0) is 4.79 Å². The van der Waals surface area contributed by atoms with E-state index in [4.69, 9.17) is 0 Å². The third kappa shape index (κ3) is 2.04. The molecule has 0 spiro atoms. The van der Waals surface area contributed by atoms with Crippen LogP contribution in [0.5, 0.6) is 0 Å². The van der Waals surface area contributed by atoms with Crippen LogP contribution in [0.3, 0.4) is 0 Å². The predicted octanol–water partition coefficient (Wildman–Crippen LogP) is 2.29. The summed E-state index contributed by atoms with van der Waals surface area (Å²) in [6.45, 7) is 4.99. The molecule has 2 aliphatic rings. The number of nitrogens with zero attached hydrogens (tertiary/aromatic N) is 1. The molecular formula is C11H21NO. The van der Waals surface area contributed by atoms with Crippen LogP contribution >= 0.6 is 0 Å². The van der Waals surface area contributed by atoms with Gasteiger partial charge < -0.3 is 4.90 Å². The number of piperidine rings is 1. The zero-order valence-electron chi connectivity index (χ0n) is 9.05. The fourth-order valence-corrected chi connectivity index (χ4v) is 2.46. The smallest absolute Gasteiger partial charge is 0.225 e. The van der Waals surface area contributed by atoms with Crippen LogP contribution in [0.25, 0.3) is 0 Å². The number of hydrogen-bond donors (Lipinski definition) is 0. The SMILES string of the molecule is CC.CN1CCC2CCCC2C1=O. The van der Waals surface area contributed by atoms with E-state index < -0.39 is 0 Å². The van der Waals surface area contributed by atoms with Crippen LogP contribution in [0, 0.1) is 11.8 Å². The maximum absolute atomic E-state index is 11.5. The van der Waals surface area contributed by atoms with E-state index in [0.29, 0.717) is 11.8 Å². The van der Waals surface area contributed by atoms with Crippen LogP contribution in [0.1, 0.15) is 39.5 Å². The van der Waals surface area contributed by atoms with E-state index in [2.05, 4.69) is 0 Å². The van der Waals surface area contributed by atoms with E-state index in [1.807, 2.05) is 25.8 Å². The maximum atomic E-state index is 11.5. The van der Waals surface area contributed by atoms with Crippen LogP contribution < -0.4 is 0 Å². The Kier molecular flexibility index (Phi) is 3.76. The molecule has 1 amide bonds. The fraction of sp³-hybridized carbons (Fsp3) is 0.909. The minimum Gasteiger partial charge on any atom is -0.346 e. The number of hydrogen-bond acceptors (Lipinski definition) is 1. The minimum atomic E-state index is 0.397. The first-order chi connectivity index (χ1) is 6.29. The van der Waals surface area contributed by atoms with E-state index in [1.165, 1.54) is 19.3 Å². The summed E-state index contributed by atoms with van der Waals surface area (Å²) in [6, 6.07) is 0. The lowest BCUT2D eigenvalue weighted by Gasteiger charge is -2.31.